The summed E-state index contributed by atoms with van der Waals surface area (Å²) in [5.41, 5.74) is 2.15. The predicted octanol–water partition coefficient (Wildman–Crippen LogP) is 9.11. The number of benzene rings is 6. The Hall–Kier alpha value is -4.49. The average molecular weight is 430 g/mol. The molecule has 0 spiro atoms. The third kappa shape index (κ3) is 2.31. The second kappa shape index (κ2) is 6.52. The Morgan fingerprint density at radius 2 is 0.912 bits per heavy atom. The largest absolute Gasteiger partial charge is 0.256 e. The van der Waals surface area contributed by atoms with E-state index in [2.05, 4.69) is 108 Å². The van der Waals surface area contributed by atoms with Gasteiger partial charge in [-0.15, -0.1) is 0 Å². The van der Waals surface area contributed by atoms with Gasteiger partial charge in [0.15, 0.2) is 0 Å². The molecule has 0 aliphatic heterocycles. The van der Waals surface area contributed by atoms with E-state index in [0.717, 1.165) is 11.3 Å². The van der Waals surface area contributed by atoms with Gasteiger partial charge >= 0.3 is 0 Å². The van der Waals surface area contributed by atoms with Crippen molar-refractivity contribution in [2.45, 2.75) is 0 Å². The molecule has 1 aromatic heterocycles. The minimum absolute atomic E-state index is 1.00. The monoisotopic (exact) mass is 429 g/mol. The van der Waals surface area contributed by atoms with Crippen molar-refractivity contribution in [3.63, 3.8) is 0 Å². The van der Waals surface area contributed by atoms with Gasteiger partial charge in [0, 0.05) is 11.8 Å². The molecule has 0 N–H and O–H groups in total. The molecular weight excluding hydrogens is 410 g/mol. The van der Waals surface area contributed by atoms with Gasteiger partial charge in [-0.3, -0.25) is 4.98 Å². The normalized spacial score (nSPS) is 12.1. The summed E-state index contributed by atoms with van der Waals surface area (Å²) < 4.78 is 0. The van der Waals surface area contributed by atoms with Crippen molar-refractivity contribution >= 4 is 64.6 Å². The van der Waals surface area contributed by atoms with Gasteiger partial charge in [-0.05, 0) is 88.9 Å². The van der Waals surface area contributed by atoms with Gasteiger partial charge < -0.3 is 0 Å². The molecule has 0 aliphatic rings. The molecule has 0 saturated carbocycles. The second-order valence-electron chi connectivity index (χ2n) is 9.18. The molecule has 0 amide bonds. The molecule has 0 fully saturated rings. The first kappa shape index (κ1) is 18.0. The molecule has 0 bridgehead atoms. The highest BCUT2D eigenvalue weighted by Crippen LogP contribution is 2.44. The number of rotatable bonds is 1. The quantitative estimate of drug-likeness (QED) is 0.237. The molecule has 0 aliphatic carbocycles. The lowest BCUT2D eigenvalue weighted by Crippen LogP contribution is -1.89. The number of fused-ring (bicyclic) bond motifs is 2. The number of aromatic nitrogens is 1. The van der Waals surface area contributed by atoms with E-state index in [1.165, 1.54) is 64.6 Å². The second-order valence-corrected chi connectivity index (χ2v) is 9.18. The molecular formula is C33H19N. The lowest BCUT2D eigenvalue weighted by Gasteiger charge is -2.16. The fraction of sp³-hybridized carbons (Fsp3) is 0. The van der Waals surface area contributed by atoms with Gasteiger partial charge in [-0.1, -0.05) is 84.9 Å². The van der Waals surface area contributed by atoms with E-state index in [9.17, 15) is 0 Å². The van der Waals surface area contributed by atoms with Crippen LogP contribution in [0.15, 0.2) is 115 Å². The SMILES string of the molecule is c1ccc(-c2cc3ccc4cccc5c6cccc7ccc8cccc(c(c2)c3c45)c8c76)nc1. The van der Waals surface area contributed by atoms with Crippen molar-refractivity contribution < 1.29 is 0 Å². The third-order valence-electron chi connectivity index (χ3n) is 7.38. The summed E-state index contributed by atoms with van der Waals surface area (Å²) >= 11 is 0. The minimum Gasteiger partial charge on any atom is -0.256 e. The summed E-state index contributed by atoms with van der Waals surface area (Å²) in [6.07, 6.45) is 1.87. The van der Waals surface area contributed by atoms with Gasteiger partial charge in [-0.25, -0.2) is 0 Å². The van der Waals surface area contributed by atoms with E-state index >= 15 is 0 Å². The van der Waals surface area contributed by atoms with Crippen molar-refractivity contribution in [3.8, 4) is 11.3 Å². The van der Waals surface area contributed by atoms with Crippen LogP contribution in [0.1, 0.15) is 0 Å². The van der Waals surface area contributed by atoms with E-state index in [1.54, 1.807) is 0 Å². The Morgan fingerprint density at radius 3 is 1.47 bits per heavy atom. The van der Waals surface area contributed by atoms with E-state index in [0.29, 0.717) is 0 Å². The Balaban J connectivity index is 1.78. The smallest absolute Gasteiger partial charge is 0.0702 e. The summed E-state index contributed by atoms with van der Waals surface area (Å²) in [6.45, 7) is 0. The third-order valence-corrected chi connectivity index (χ3v) is 7.38. The van der Waals surface area contributed by atoms with E-state index in [1.807, 2.05) is 12.3 Å². The van der Waals surface area contributed by atoms with Crippen LogP contribution in [0.3, 0.4) is 0 Å². The van der Waals surface area contributed by atoms with Crippen LogP contribution in [0.25, 0.3) is 75.9 Å². The van der Waals surface area contributed by atoms with Crippen LogP contribution >= 0.6 is 0 Å². The minimum atomic E-state index is 1.00. The van der Waals surface area contributed by atoms with Gasteiger partial charge in [0.1, 0.15) is 0 Å². The fourth-order valence-corrected chi connectivity index (χ4v) is 5.97. The van der Waals surface area contributed by atoms with Crippen molar-refractivity contribution in [2.75, 3.05) is 0 Å². The van der Waals surface area contributed by atoms with Crippen LogP contribution in [0.5, 0.6) is 0 Å². The highest BCUT2D eigenvalue weighted by molar-refractivity contribution is 6.37. The summed E-state index contributed by atoms with van der Waals surface area (Å²) in [6, 6.07) is 40.0. The molecule has 8 aromatic rings. The van der Waals surface area contributed by atoms with Crippen LogP contribution < -0.4 is 0 Å². The van der Waals surface area contributed by atoms with Crippen molar-refractivity contribution in [3.05, 3.63) is 115 Å². The number of hydrogen-bond donors (Lipinski definition) is 0. The molecule has 8 rings (SSSR count). The maximum Gasteiger partial charge on any atom is 0.0702 e. The van der Waals surface area contributed by atoms with Crippen LogP contribution in [0.4, 0.5) is 0 Å². The zero-order valence-corrected chi connectivity index (χ0v) is 18.4. The summed E-state index contributed by atoms with van der Waals surface area (Å²) in [5.74, 6) is 0. The molecule has 1 heteroatoms. The molecule has 34 heavy (non-hydrogen) atoms. The summed E-state index contributed by atoms with van der Waals surface area (Å²) in [4.78, 5) is 4.67. The van der Waals surface area contributed by atoms with Gasteiger partial charge in [0.25, 0.3) is 0 Å². The van der Waals surface area contributed by atoms with Crippen molar-refractivity contribution in [1.82, 2.24) is 4.98 Å². The molecule has 7 aromatic carbocycles. The first-order valence-corrected chi connectivity index (χ1v) is 11.7. The molecule has 156 valence electrons. The maximum atomic E-state index is 4.67. The maximum absolute atomic E-state index is 4.67. The number of pyridine rings is 1. The van der Waals surface area contributed by atoms with Crippen LogP contribution in [0, 0.1) is 0 Å². The first-order chi connectivity index (χ1) is 16.9. The molecule has 0 unspecified atom stereocenters. The molecule has 0 saturated heterocycles. The Kier molecular flexibility index (Phi) is 3.45. The summed E-state index contributed by atoms with van der Waals surface area (Å²) in [5, 5.41) is 15.6. The molecule has 1 heterocycles. The number of hydrogen-bond acceptors (Lipinski definition) is 1. The molecule has 1 nitrogen and oxygen atoms in total. The zero-order chi connectivity index (χ0) is 22.2. The lowest BCUT2D eigenvalue weighted by atomic mass is 9.87. The van der Waals surface area contributed by atoms with Crippen molar-refractivity contribution in [1.29, 1.82) is 0 Å². The Labute approximate surface area is 196 Å². The van der Waals surface area contributed by atoms with Crippen LogP contribution in [0.2, 0.25) is 0 Å². The first-order valence-electron chi connectivity index (χ1n) is 11.7. The standard InChI is InChI=1S/C33H19N/c1-2-17-34-29(12-1)24-18-23-16-15-22-7-4-10-26-25-9-3-6-20-13-14-21-8-5-11-27(32(21)30(20)25)28(19-24)33(23)31(22)26/h1-19H. The summed E-state index contributed by atoms with van der Waals surface area (Å²) in [7, 11) is 0. The van der Waals surface area contributed by atoms with Crippen LogP contribution in [-0.4, -0.2) is 4.98 Å². The van der Waals surface area contributed by atoms with E-state index in [4.69, 9.17) is 0 Å². The molecule has 0 atom stereocenters. The topological polar surface area (TPSA) is 12.9 Å². The highest BCUT2D eigenvalue weighted by atomic mass is 14.7. The van der Waals surface area contributed by atoms with Gasteiger partial charge in [0.05, 0.1) is 5.69 Å². The zero-order valence-electron chi connectivity index (χ0n) is 18.4. The Bertz CT molecular complexity index is 2050. The number of nitrogens with zero attached hydrogens (tertiary/aromatic N) is 1. The van der Waals surface area contributed by atoms with E-state index in [-0.39, 0.29) is 0 Å². The van der Waals surface area contributed by atoms with Crippen molar-refractivity contribution in [2.24, 2.45) is 0 Å². The average Bonchev–Trinajstić information content (AvgIpc) is 2.91. The predicted molar refractivity (Wildman–Crippen MR) is 146 cm³/mol. The van der Waals surface area contributed by atoms with Gasteiger partial charge in [0.2, 0.25) is 0 Å². The van der Waals surface area contributed by atoms with E-state index < -0.39 is 0 Å². The highest BCUT2D eigenvalue weighted by Gasteiger charge is 2.16. The lowest BCUT2D eigenvalue weighted by molar-refractivity contribution is 1.33. The fourth-order valence-electron chi connectivity index (χ4n) is 5.97. The Morgan fingerprint density at radius 1 is 0.382 bits per heavy atom. The van der Waals surface area contributed by atoms with Crippen LogP contribution in [-0.2, 0) is 0 Å². The van der Waals surface area contributed by atoms with Gasteiger partial charge in [-0.2, -0.15) is 0 Å². The molecule has 0 radical (unpaired) electrons.